The molecule has 5 N–H and O–H groups in total. The zero-order valence-corrected chi connectivity index (χ0v) is 43.5. The van der Waals surface area contributed by atoms with Gasteiger partial charge in [-0.15, -0.1) is 0 Å². The number of anilines is 1. The van der Waals surface area contributed by atoms with Crippen LogP contribution in [-0.4, -0.2) is 153 Å². The van der Waals surface area contributed by atoms with Gasteiger partial charge in [-0.2, -0.15) is 0 Å². The monoisotopic (exact) mass is 1000 g/mol. The lowest BCUT2D eigenvalue weighted by atomic mass is 9.73. The number of ketones is 1. The number of halogens is 1. The van der Waals surface area contributed by atoms with E-state index in [1.54, 1.807) is 66.9 Å². The quantitative estimate of drug-likeness (QED) is 0.117. The molecule has 2 amide bonds. The molecule has 0 saturated carbocycles. The number of carbonyl (C=O) groups is 4. The SMILES string of the molecule is CCC(=O)/N=C1\[C@H](C)C[C@@]2(C)OC/C(=N/OCc3coc(-c4cccc(NC(=O)[C@@H](N)CC(C)C)n4)n3)CO[C@H]([C@H]1C)[C@](C)(O)[C@@H](CC)OC(=O)[C@@](C)(F)C(=O)[C@H](C)[C@H]2O[C@@H]1O[C@H](C)C[C@H](N(C)C)[C@H]1O. The van der Waals surface area contributed by atoms with Gasteiger partial charge in [0.1, 0.15) is 47.0 Å². The number of hydrogen-bond acceptors (Lipinski definition) is 18. The number of rotatable bonds is 13. The molecule has 3 fully saturated rings. The normalized spacial score (nSPS) is 35.1. The Labute approximate surface area is 416 Å². The van der Waals surface area contributed by atoms with Crippen molar-refractivity contribution in [2.75, 3.05) is 32.6 Å². The first kappa shape index (κ1) is 57.3. The number of aliphatic hydroxyl groups is 2. The average molecular weight is 1000 g/mol. The van der Waals surface area contributed by atoms with Crippen LogP contribution in [0.2, 0.25) is 0 Å². The lowest BCUT2D eigenvalue weighted by Gasteiger charge is -2.47. The molecule has 5 heterocycles. The zero-order valence-electron chi connectivity index (χ0n) is 43.5. The van der Waals surface area contributed by atoms with E-state index in [0.717, 1.165) is 6.92 Å². The molecule has 21 heteroatoms. The summed E-state index contributed by atoms with van der Waals surface area (Å²) in [4.78, 5) is 75.7. The fraction of sp³-hybridized carbons (Fsp3) is 0.720. The summed E-state index contributed by atoms with van der Waals surface area (Å²) < 4.78 is 54.8. The summed E-state index contributed by atoms with van der Waals surface area (Å²) in [5.41, 5.74) is 0.144. The summed E-state index contributed by atoms with van der Waals surface area (Å²) in [6.45, 7) is 16.9. The molecule has 0 unspecified atom stereocenters. The third kappa shape index (κ3) is 13.7. The van der Waals surface area contributed by atoms with Gasteiger partial charge in [-0.1, -0.05) is 59.7 Å². The number of esters is 1. The number of ether oxygens (including phenoxy) is 5. The van der Waals surface area contributed by atoms with Crippen molar-refractivity contribution in [2.24, 2.45) is 39.6 Å². The Morgan fingerprint density at radius 2 is 1.77 bits per heavy atom. The van der Waals surface area contributed by atoms with Crippen molar-refractivity contribution in [3.63, 3.8) is 0 Å². The standard InChI is InChI=1S/C50H76FN7O13/c1-14-36-50(11,64)43-29(7)39(56-38(59)15-2)27(5)21-48(9,42(30(8)41(61)49(10,51)47(63)70-36)71-46-40(60)35(58(12)13)20-28(6)69-46)67-24-32(23-65-43)57-68-25-31-22-66-45(53-31)34-17-16-18-37(54-34)55-44(62)33(52)19-26(3)4/h16-18,22,26-30,33,35-36,40,42-43,46,60,64H,14-15,19-21,23-25,52H2,1-13H3,(H,54,55,62)/b56-39+,57-32+/t27-,28-,29+,30+,33+,35+,36-,40-,42-,43-,46+,48-,49+,50-/m1/s1. The number of Topliss-reactive ketones (excluding diaryl/α,β-unsaturated/α-hetero) is 1. The Hall–Kier alpha value is -4.61. The molecule has 0 aliphatic carbocycles. The number of aliphatic hydroxyl groups excluding tert-OH is 1. The van der Waals surface area contributed by atoms with E-state index in [4.69, 9.17) is 38.7 Å². The van der Waals surface area contributed by atoms with Crippen molar-refractivity contribution in [1.29, 1.82) is 0 Å². The molecule has 0 aromatic carbocycles. The van der Waals surface area contributed by atoms with E-state index in [1.165, 1.54) is 20.1 Å². The molecule has 2 aromatic heterocycles. The second-order valence-corrected chi connectivity index (χ2v) is 20.5. The molecule has 2 aromatic rings. The number of aromatic nitrogens is 2. The Balaban J connectivity index is 1.59. The topological polar surface area (TPSA) is 269 Å². The third-order valence-electron chi connectivity index (χ3n) is 13.7. The summed E-state index contributed by atoms with van der Waals surface area (Å²) >= 11 is 0. The van der Waals surface area contributed by atoms with Crippen LogP contribution in [-0.2, 0) is 54.3 Å². The summed E-state index contributed by atoms with van der Waals surface area (Å²) in [5.74, 6) is -6.00. The highest BCUT2D eigenvalue weighted by atomic mass is 19.1. The summed E-state index contributed by atoms with van der Waals surface area (Å²) in [6, 6.07) is 3.80. The minimum atomic E-state index is -3.26. The Kier molecular flexibility index (Phi) is 19.3. The lowest BCUT2D eigenvalue weighted by molar-refractivity contribution is -0.296. The van der Waals surface area contributed by atoms with Crippen LogP contribution < -0.4 is 11.1 Å². The van der Waals surface area contributed by atoms with Gasteiger partial charge in [0.25, 0.3) is 5.67 Å². The van der Waals surface area contributed by atoms with Gasteiger partial charge < -0.3 is 59.1 Å². The number of hydrogen-bond donors (Lipinski definition) is 4. The van der Waals surface area contributed by atoms with E-state index in [1.807, 2.05) is 25.7 Å². The molecule has 20 nitrogen and oxygen atoms in total. The van der Waals surface area contributed by atoms with Gasteiger partial charge in [0.2, 0.25) is 17.7 Å². The molecule has 14 atom stereocenters. The molecule has 0 spiro atoms. The molecule has 3 aliphatic rings. The smallest absolute Gasteiger partial charge is 0.351 e. The van der Waals surface area contributed by atoms with Crippen molar-refractivity contribution in [1.82, 2.24) is 14.9 Å². The summed E-state index contributed by atoms with van der Waals surface area (Å²) in [7, 11) is 3.61. The van der Waals surface area contributed by atoms with Gasteiger partial charge in [-0.3, -0.25) is 14.4 Å². The van der Waals surface area contributed by atoms with E-state index in [0.29, 0.717) is 29.9 Å². The number of nitrogens with zero attached hydrogens (tertiary/aromatic N) is 5. The zero-order chi connectivity index (χ0) is 52.7. The molecule has 0 radical (unpaired) electrons. The number of oxazole rings is 1. The highest BCUT2D eigenvalue weighted by Crippen LogP contribution is 2.41. The molecule has 71 heavy (non-hydrogen) atoms. The van der Waals surface area contributed by atoms with Gasteiger partial charge in [0.15, 0.2) is 18.7 Å². The Morgan fingerprint density at radius 3 is 2.42 bits per heavy atom. The first-order valence-corrected chi connectivity index (χ1v) is 24.6. The van der Waals surface area contributed by atoms with Crippen molar-refractivity contribution in [3.05, 3.63) is 30.2 Å². The van der Waals surface area contributed by atoms with Gasteiger partial charge in [-0.25, -0.2) is 24.1 Å². The first-order valence-electron chi connectivity index (χ1n) is 24.6. The van der Waals surface area contributed by atoms with Gasteiger partial charge in [-0.05, 0) is 91.4 Å². The number of fused-ring (bicyclic) bond motifs is 5. The van der Waals surface area contributed by atoms with Crippen molar-refractivity contribution in [2.45, 2.75) is 181 Å². The Morgan fingerprint density at radius 1 is 1.07 bits per heavy atom. The molecular formula is C50H76FN7O13. The van der Waals surface area contributed by atoms with Crippen LogP contribution in [0, 0.1) is 23.7 Å². The minimum Gasteiger partial charge on any atom is -0.457 e. The maximum Gasteiger partial charge on any atom is 0.351 e. The van der Waals surface area contributed by atoms with E-state index in [-0.39, 0.29) is 68.3 Å². The van der Waals surface area contributed by atoms with Gasteiger partial charge in [0.05, 0.1) is 43.2 Å². The number of oxime groups is 1. The fourth-order valence-electron chi connectivity index (χ4n) is 9.79. The largest absolute Gasteiger partial charge is 0.457 e. The van der Waals surface area contributed by atoms with Gasteiger partial charge in [0, 0.05) is 30.0 Å². The maximum absolute atomic E-state index is 17.0. The molecule has 3 saturated heterocycles. The average Bonchev–Trinajstić information content (AvgIpc) is 3.78. The van der Waals surface area contributed by atoms with Gasteiger partial charge >= 0.3 is 5.97 Å². The summed E-state index contributed by atoms with van der Waals surface area (Å²) in [6.07, 6.45) is -4.94. The molecule has 396 valence electrons. The molecule has 2 bridgehead atoms. The molecule has 5 rings (SSSR count). The molecular weight excluding hydrogens is 926 g/mol. The minimum absolute atomic E-state index is 0.0377. The van der Waals surface area contributed by atoms with Crippen LogP contribution >= 0.6 is 0 Å². The second kappa shape index (κ2) is 24.0. The second-order valence-electron chi connectivity index (χ2n) is 20.5. The summed E-state index contributed by atoms with van der Waals surface area (Å²) in [5, 5.41) is 31.4. The van der Waals surface area contributed by atoms with Crippen LogP contribution in [0.4, 0.5) is 10.2 Å². The number of nitrogens with two attached hydrogens (primary N) is 1. The fourth-order valence-corrected chi connectivity index (χ4v) is 9.79. The Bertz CT molecular complexity index is 2240. The number of nitrogens with one attached hydrogen (secondary N) is 1. The van der Waals surface area contributed by atoms with Crippen LogP contribution in [0.5, 0.6) is 0 Å². The third-order valence-corrected chi connectivity index (χ3v) is 13.7. The van der Waals surface area contributed by atoms with Crippen molar-refractivity contribution >= 4 is 40.8 Å². The number of carbonyl (C=O) groups excluding carboxylic acids is 4. The highest BCUT2D eigenvalue weighted by molar-refractivity contribution is 6.08. The van der Waals surface area contributed by atoms with Crippen LogP contribution in [0.3, 0.4) is 0 Å². The van der Waals surface area contributed by atoms with E-state index in [9.17, 15) is 29.4 Å². The van der Waals surface area contributed by atoms with Crippen LogP contribution in [0.15, 0.2) is 39.0 Å². The number of alkyl halides is 1. The number of amides is 2. The van der Waals surface area contributed by atoms with E-state index in [2.05, 4.69) is 25.4 Å². The lowest BCUT2D eigenvalue weighted by Crippen LogP contribution is -2.61. The van der Waals surface area contributed by atoms with Crippen molar-refractivity contribution < 1.29 is 66.7 Å². The first-order chi connectivity index (χ1) is 33.2. The van der Waals surface area contributed by atoms with Crippen LogP contribution in [0.1, 0.15) is 114 Å². The van der Waals surface area contributed by atoms with Crippen LogP contribution in [0.25, 0.3) is 11.6 Å². The number of pyridine rings is 1. The number of likely N-dealkylation sites (N-methyl/N-ethyl adjacent to an activating group) is 1. The number of aliphatic imine (C=N–C) groups is 1. The predicted octanol–water partition coefficient (Wildman–Crippen LogP) is 4.97. The van der Waals surface area contributed by atoms with Crippen molar-refractivity contribution in [3.8, 4) is 11.6 Å². The highest BCUT2D eigenvalue weighted by Gasteiger charge is 2.57. The predicted molar refractivity (Wildman–Crippen MR) is 260 cm³/mol. The van der Waals surface area contributed by atoms with E-state index < -0.39 is 101 Å². The van der Waals surface area contributed by atoms with E-state index >= 15 is 4.39 Å². The molecule has 3 aliphatic heterocycles. The number of cyclic esters (lactones) is 1. The maximum atomic E-state index is 17.0.